The van der Waals surface area contributed by atoms with Crippen LogP contribution in [0.25, 0.3) is 0 Å². The number of hydrogen-bond acceptors (Lipinski definition) is 0. The maximum absolute atomic E-state index is 3.69. The molecule has 0 aliphatic heterocycles. The van der Waals surface area contributed by atoms with Crippen molar-refractivity contribution in [2.45, 2.75) is 4.97 Å². The molecule has 0 radical (unpaired) electrons. The Kier molecular flexibility index (Phi) is 3.24. The number of rotatable bonds is 1. The Morgan fingerprint density at radius 3 is 1.90 bits per heavy atom. The van der Waals surface area contributed by atoms with Gasteiger partial charge in [0.1, 0.15) is 0 Å². The Morgan fingerprint density at radius 1 is 1.10 bits per heavy atom. The molecule has 0 atom stereocenters. The summed E-state index contributed by atoms with van der Waals surface area (Å²) < 4.78 is 1.42. The molecule has 0 aromatic heterocycles. The standard InChI is InChI=1S/C7H8Br2Te/c1-10(8,9)7-5-3-2-4-6-7/h2-6H,1H3. The molecule has 0 aliphatic rings. The SMILES string of the molecule is C[Te](Br)(Br)c1ccccc1. The van der Waals surface area contributed by atoms with Crippen molar-refractivity contribution in [3.05, 3.63) is 30.3 Å². The second-order valence-corrected chi connectivity index (χ2v) is 30.7. The molecule has 0 aliphatic carbocycles. The van der Waals surface area contributed by atoms with Crippen molar-refractivity contribution in [2.75, 3.05) is 0 Å². The summed E-state index contributed by atoms with van der Waals surface area (Å²) in [5.41, 5.74) is 0. The first-order chi connectivity index (χ1) is 4.61. The molecule has 0 saturated heterocycles. The summed E-state index contributed by atoms with van der Waals surface area (Å²) in [6, 6.07) is 10.5. The molecule has 0 heterocycles. The molecular weight excluding hydrogens is 371 g/mol. The van der Waals surface area contributed by atoms with Crippen LogP contribution in [0.1, 0.15) is 0 Å². The van der Waals surface area contributed by atoms with Crippen molar-refractivity contribution >= 4 is 42.9 Å². The van der Waals surface area contributed by atoms with Crippen LogP contribution >= 0.6 is 25.5 Å². The van der Waals surface area contributed by atoms with Crippen molar-refractivity contribution in [3.8, 4) is 0 Å². The molecule has 1 aromatic carbocycles. The summed E-state index contributed by atoms with van der Waals surface area (Å²) in [5, 5.41) is 0. The Labute approximate surface area is 77.4 Å². The number of benzene rings is 1. The van der Waals surface area contributed by atoms with Crippen LogP contribution in [0, 0.1) is 0 Å². The average Bonchev–Trinajstić information content (AvgIpc) is 1.88. The van der Waals surface area contributed by atoms with E-state index in [9.17, 15) is 0 Å². The van der Waals surface area contributed by atoms with Gasteiger partial charge in [0, 0.05) is 0 Å². The third-order valence-corrected chi connectivity index (χ3v) is 9.31. The van der Waals surface area contributed by atoms with E-state index in [0.29, 0.717) is 0 Å². The molecule has 0 nitrogen and oxygen atoms in total. The minimum atomic E-state index is -1.90. The van der Waals surface area contributed by atoms with E-state index >= 15 is 0 Å². The Hall–Kier alpha value is 0.970. The quantitative estimate of drug-likeness (QED) is 0.658. The van der Waals surface area contributed by atoms with Gasteiger partial charge >= 0.3 is 78.2 Å². The fourth-order valence-electron chi connectivity index (χ4n) is 0.659. The van der Waals surface area contributed by atoms with Crippen molar-refractivity contribution < 1.29 is 0 Å². The molecule has 0 saturated carbocycles. The average molecular weight is 380 g/mol. The summed E-state index contributed by atoms with van der Waals surface area (Å²) in [5.74, 6) is 0. The third-order valence-electron chi connectivity index (χ3n) is 1.16. The van der Waals surface area contributed by atoms with E-state index in [-0.39, 0.29) is 0 Å². The molecule has 1 aromatic rings. The Balaban J connectivity index is 2.97. The summed E-state index contributed by atoms with van der Waals surface area (Å²) >= 11 is 5.49. The van der Waals surface area contributed by atoms with E-state index in [1.54, 1.807) is 0 Å². The van der Waals surface area contributed by atoms with Crippen LogP contribution in [0.5, 0.6) is 0 Å². The monoisotopic (exact) mass is 380 g/mol. The molecule has 10 heavy (non-hydrogen) atoms. The second-order valence-electron chi connectivity index (χ2n) is 2.04. The predicted molar refractivity (Wildman–Crippen MR) is 55.5 cm³/mol. The van der Waals surface area contributed by atoms with Crippen LogP contribution in [-0.4, -0.2) is 13.8 Å². The first kappa shape index (κ1) is 9.06. The van der Waals surface area contributed by atoms with Crippen molar-refractivity contribution in [1.82, 2.24) is 0 Å². The van der Waals surface area contributed by atoms with E-state index in [2.05, 4.69) is 54.7 Å². The van der Waals surface area contributed by atoms with E-state index < -0.39 is 13.8 Å². The van der Waals surface area contributed by atoms with Gasteiger partial charge in [0.2, 0.25) is 0 Å². The van der Waals surface area contributed by atoms with Crippen molar-refractivity contribution in [3.63, 3.8) is 0 Å². The van der Waals surface area contributed by atoms with Crippen LogP contribution in [0.2, 0.25) is 4.97 Å². The number of hydrogen-bond donors (Lipinski definition) is 0. The van der Waals surface area contributed by atoms with E-state index in [1.165, 1.54) is 3.61 Å². The van der Waals surface area contributed by atoms with Gasteiger partial charge in [0.05, 0.1) is 0 Å². The van der Waals surface area contributed by atoms with E-state index in [4.69, 9.17) is 0 Å². The zero-order chi connectivity index (χ0) is 7.61. The normalized spacial score (nSPS) is 13.1. The first-order valence-electron chi connectivity index (χ1n) is 2.83. The molecule has 0 N–H and O–H groups in total. The van der Waals surface area contributed by atoms with Crippen LogP contribution in [-0.2, 0) is 0 Å². The van der Waals surface area contributed by atoms with Crippen molar-refractivity contribution in [1.29, 1.82) is 0 Å². The zero-order valence-corrected chi connectivity index (χ0v) is 11.1. The fraction of sp³-hybridized carbons (Fsp3) is 0.143. The molecule has 3 heteroatoms. The Bertz CT molecular complexity index is 203. The van der Waals surface area contributed by atoms with Gasteiger partial charge in [-0.2, -0.15) is 0 Å². The molecule has 0 spiro atoms. The van der Waals surface area contributed by atoms with Crippen molar-refractivity contribution in [2.24, 2.45) is 0 Å². The van der Waals surface area contributed by atoms with Gasteiger partial charge in [0.15, 0.2) is 0 Å². The van der Waals surface area contributed by atoms with Gasteiger partial charge in [-0.1, -0.05) is 0 Å². The van der Waals surface area contributed by atoms with Gasteiger partial charge < -0.3 is 0 Å². The third kappa shape index (κ3) is 2.54. The van der Waals surface area contributed by atoms with E-state index in [0.717, 1.165) is 0 Å². The minimum absolute atomic E-state index is 1.42. The van der Waals surface area contributed by atoms with Crippen LogP contribution < -0.4 is 3.61 Å². The van der Waals surface area contributed by atoms with Crippen LogP contribution in [0.15, 0.2) is 30.3 Å². The van der Waals surface area contributed by atoms with Gasteiger partial charge in [-0.25, -0.2) is 0 Å². The second kappa shape index (κ2) is 3.58. The molecule has 0 unspecified atom stereocenters. The summed E-state index contributed by atoms with van der Waals surface area (Å²) in [4.78, 5) is 2.25. The summed E-state index contributed by atoms with van der Waals surface area (Å²) in [6.45, 7) is 0. The number of halogens is 2. The summed E-state index contributed by atoms with van der Waals surface area (Å²) in [6.07, 6.45) is 0. The van der Waals surface area contributed by atoms with Gasteiger partial charge in [0.25, 0.3) is 0 Å². The fourth-order valence-corrected chi connectivity index (χ4v) is 5.37. The molecule has 0 fully saturated rings. The first-order valence-corrected chi connectivity index (χ1v) is 16.8. The topological polar surface area (TPSA) is 0 Å². The molecule has 0 amide bonds. The molecule has 1 rings (SSSR count). The molecule has 56 valence electrons. The molecule has 0 bridgehead atoms. The maximum atomic E-state index is 3.69. The van der Waals surface area contributed by atoms with Crippen LogP contribution in [0.4, 0.5) is 0 Å². The molecular formula is C7H8Br2Te. The summed E-state index contributed by atoms with van der Waals surface area (Å²) in [7, 11) is 0. The van der Waals surface area contributed by atoms with Gasteiger partial charge in [-0.15, -0.1) is 0 Å². The predicted octanol–water partition coefficient (Wildman–Crippen LogP) is 2.76. The van der Waals surface area contributed by atoms with Gasteiger partial charge in [-0.3, -0.25) is 0 Å². The zero-order valence-electron chi connectivity index (χ0n) is 5.55. The Morgan fingerprint density at radius 2 is 1.60 bits per heavy atom. The van der Waals surface area contributed by atoms with Crippen LogP contribution in [0.3, 0.4) is 0 Å². The van der Waals surface area contributed by atoms with E-state index in [1.807, 2.05) is 6.07 Å². The van der Waals surface area contributed by atoms with Gasteiger partial charge in [-0.05, 0) is 0 Å².